The largest absolute Gasteiger partial charge is 0.466 e. The van der Waals surface area contributed by atoms with E-state index in [1.54, 1.807) is 19.1 Å². The average Bonchev–Trinajstić information content (AvgIpc) is 2.73. The summed E-state index contributed by atoms with van der Waals surface area (Å²) in [4.78, 5) is 62.8. The van der Waals surface area contributed by atoms with Gasteiger partial charge in [-0.15, -0.1) is 0 Å². The number of ether oxygens (including phenoxy) is 1. The van der Waals surface area contributed by atoms with E-state index < -0.39 is 32.4 Å². The Balaban J connectivity index is 2.70. The number of unbranched alkanes of at least 4 members (excludes halogenated alkanes) is 2. The lowest BCUT2D eigenvalue weighted by molar-refractivity contribution is -0.143. The molecule has 1 aliphatic carbocycles. The van der Waals surface area contributed by atoms with Crippen LogP contribution in [-0.2, 0) is 22.6 Å². The summed E-state index contributed by atoms with van der Waals surface area (Å²) in [5.74, 6) is -1.04. The molecule has 0 aliphatic heterocycles. The van der Waals surface area contributed by atoms with Crippen molar-refractivity contribution < 1.29 is 14.3 Å². The van der Waals surface area contributed by atoms with Crippen LogP contribution in [0.2, 0.25) is 0 Å². The number of alkyl halides is 1. The second-order valence-corrected chi connectivity index (χ2v) is 7.71. The van der Waals surface area contributed by atoms with E-state index in [9.17, 15) is 24.0 Å². The highest BCUT2D eigenvalue weighted by Crippen LogP contribution is 2.20. The van der Waals surface area contributed by atoms with E-state index in [-0.39, 0.29) is 37.4 Å². The van der Waals surface area contributed by atoms with Crippen LogP contribution in [0, 0.1) is 0 Å². The van der Waals surface area contributed by atoms with Gasteiger partial charge in [-0.3, -0.25) is 28.5 Å². The topological polar surface area (TPSA) is 104 Å². The first kappa shape index (κ1) is 22.3. The van der Waals surface area contributed by atoms with Crippen LogP contribution in [0.1, 0.15) is 55.6 Å². The minimum Gasteiger partial charge on any atom is -0.466 e. The van der Waals surface area contributed by atoms with E-state index >= 15 is 0 Å². The quantitative estimate of drug-likeness (QED) is 0.176. The molecule has 1 aromatic rings. The van der Waals surface area contributed by atoms with Crippen LogP contribution in [0.4, 0.5) is 0 Å². The van der Waals surface area contributed by atoms with Gasteiger partial charge in [0.05, 0.1) is 22.6 Å². The van der Waals surface area contributed by atoms with Crippen LogP contribution in [0.5, 0.6) is 0 Å². The van der Waals surface area contributed by atoms with E-state index in [2.05, 4.69) is 0 Å². The summed E-state index contributed by atoms with van der Waals surface area (Å²) in [6.45, 7) is 3.73. The van der Waals surface area contributed by atoms with E-state index in [4.69, 9.17) is 4.74 Å². The molecule has 0 radical (unpaired) electrons. The number of ketones is 1. The number of esters is 1. The number of carbonyl (C=O) groups is 2. The Morgan fingerprint density at radius 1 is 1.04 bits per heavy atom. The van der Waals surface area contributed by atoms with E-state index in [0.717, 1.165) is 12.8 Å². The lowest BCUT2D eigenvalue weighted by atomic mass is 10.0. The standard InChI is InChI=1S/C19H23IN2O6/c1-3-5-6-10-21-13-8-7-12(20)16(24)15(13)17(25)22(19(27)18(21)26)11-9-14(23)28-4-2/h7-8,12H,3-6,9-11H2,1-2H3. The lowest BCUT2D eigenvalue weighted by Gasteiger charge is -2.15. The molecule has 0 amide bonds. The van der Waals surface area contributed by atoms with Crippen LogP contribution in [0.25, 0.3) is 6.08 Å². The van der Waals surface area contributed by atoms with Crippen molar-refractivity contribution in [1.82, 2.24) is 9.13 Å². The summed E-state index contributed by atoms with van der Waals surface area (Å²) in [5, 5.41) is 0. The van der Waals surface area contributed by atoms with Gasteiger partial charge in [-0.25, -0.2) is 0 Å². The molecule has 0 fully saturated rings. The third-order valence-electron chi connectivity index (χ3n) is 4.43. The van der Waals surface area contributed by atoms with Crippen molar-refractivity contribution in [3.05, 3.63) is 48.4 Å². The number of halogens is 1. The smallest absolute Gasteiger partial charge is 0.319 e. The third-order valence-corrected chi connectivity index (χ3v) is 5.41. The first-order valence-electron chi connectivity index (χ1n) is 9.27. The molecule has 0 N–H and O–H groups in total. The second-order valence-electron chi connectivity index (χ2n) is 6.37. The summed E-state index contributed by atoms with van der Waals surface area (Å²) in [6.07, 6.45) is 5.31. The fraction of sp³-hybridized carbons (Fsp3) is 0.526. The highest BCUT2D eigenvalue weighted by atomic mass is 127. The van der Waals surface area contributed by atoms with Crippen LogP contribution >= 0.6 is 22.6 Å². The molecule has 152 valence electrons. The first-order valence-corrected chi connectivity index (χ1v) is 10.5. The van der Waals surface area contributed by atoms with E-state index in [1.165, 1.54) is 4.57 Å². The maximum atomic E-state index is 13.0. The minimum absolute atomic E-state index is 0.163. The normalized spacial score (nSPS) is 15.4. The molecule has 0 spiro atoms. The summed E-state index contributed by atoms with van der Waals surface area (Å²) in [7, 11) is 0. The summed E-state index contributed by atoms with van der Waals surface area (Å²) >= 11 is 1.89. The van der Waals surface area contributed by atoms with E-state index in [1.807, 2.05) is 29.5 Å². The average molecular weight is 502 g/mol. The molecule has 8 nitrogen and oxygen atoms in total. The first-order chi connectivity index (χ1) is 13.3. The highest BCUT2D eigenvalue weighted by Gasteiger charge is 2.28. The molecule has 0 saturated heterocycles. The van der Waals surface area contributed by atoms with Crippen LogP contribution < -0.4 is 16.7 Å². The fourth-order valence-electron chi connectivity index (χ4n) is 3.00. The van der Waals surface area contributed by atoms with Crippen molar-refractivity contribution in [2.24, 2.45) is 0 Å². The van der Waals surface area contributed by atoms with Gasteiger partial charge in [-0.1, -0.05) is 48.4 Å². The molecule has 1 aromatic heterocycles. The number of fused-ring (bicyclic) bond motifs is 1. The second kappa shape index (κ2) is 9.94. The molecule has 0 bridgehead atoms. The molecular formula is C19H23IN2O6. The zero-order valence-corrected chi connectivity index (χ0v) is 18.1. The Morgan fingerprint density at radius 2 is 1.71 bits per heavy atom. The van der Waals surface area contributed by atoms with Gasteiger partial charge in [0.2, 0.25) is 0 Å². The highest BCUT2D eigenvalue weighted by molar-refractivity contribution is 14.1. The number of hydrogen-bond acceptors (Lipinski definition) is 6. The Bertz CT molecular complexity index is 976. The van der Waals surface area contributed by atoms with Crippen molar-refractivity contribution in [2.45, 2.75) is 56.5 Å². The van der Waals surface area contributed by atoms with Gasteiger partial charge in [0, 0.05) is 13.1 Å². The number of carbonyl (C=O) groups excluding carboxylic acids is 2. The Kier molecular flexibility index (Phi) is 7.90. The molecule has 0 saturated carbocycles. The molecule has 1 unspecified atom stereocenters. The summed E-state index contributed by atoms with van der Waals surface area (Å²) in [5.41, 5.74) is -2.77. The number of rotatable bonds is 8. The number of nitrogens with zero attached hydrogens (tertiary/aromatic N) is 2. The zero-order valence-electron chi connectivity index (χ0n) is 15.9. The van der Waals surface area contributed by atoms with E-state index in [0.29, 0.717) is 11.0 Å². The van der Waals surface area contributed by atoms with Crippen LogP contribution in [0.3, 0.4) is 0 Å². The fourth-order valence-corrected chi connectivity index (χ4v) is 3.52. The Labute approximate surface area is 175 Å². The maximum absolute atomic E-state index is 13.0. The van der Waals surface area contributed by atoms with Gasteiger partial charge in [0.1, 0.15) is 5.56 Å². The van der Waals surface area contributed by atoms with Crippen LogP contribution in [0.15, 0.2) is 20.5 Å². The van der Waals surface area contributed by atoms with Crippen molar-refractivity contribution in [3.8, 4) is 0 Å². The molecule has 1 aliphatic rings. The predicted octanol–water partition coefficient (Wildman–Crippen LogP) is 1.53. The van der Waals surface area contributed by atoms with Gasteiger partial charge in [0.15, 0.2) is 5.78 Å². The summed E-state index contributed by atoms with van der Waals surface area (Å²) in [6, 6.07) is 0. The monoisotopic (exact) mass is 502 g/mol. The number of allylic oxidation sites excluding steroid dienone is 1. The number of hydrogen-bond donors (Lipinski definition) is 0. The zero-order chi connectivity index (χ0) is 20.8. The molecule has 1 heterocycles. The SMILES string of the molecule is CCCCCn1c2c(c(=O)n(CCC(=O)OCC)c(=O)c1=O)C(=O)C(I)C=C2. The lowest BCUT2D eigenvalue weighted by Crippen LogP contribution is -2.42. The van der Waals surface area contributed by atoms with Crippen molar-refractivity contribution in [1.29, 1.82) is 0 Å². The molecule has 0 aromatic carbocycles. The predicted molar refractivity (Wildman–Crippen MR) is 113 cm³/mol. The van der Waals surface area contributed by atoms with Gasteiger partial charge >= 0.3 is 17.1 Å². The maximum Gasteiger partial charge on any atom is 0.319 e. The summed E-state index contributed by atoms with van der Waals surface area (Å²) < 4.78 is 6.16. The minimum atomic E-state index is -1.04. The molecule has 1 atom stereocenters. The molecule has 2 rings (SSSR count). The van der Waals surface area contributed by atoms with Gasteiger partial charge in [-0.05, 0) is 19.4 Å². The molecule has 9 heteroatoms. The number of Topliss-reactive ketones (excluding diaryl/α,β-unsaturated/α-hetero) is 1. The van der Waals surface area contributed by atoms with Crippen molar-refractivity contribution in [3.63, 3.8) is 0 Å². The van der Waals surface area contributed by atoms with Gasteiger partial charge in [0.25, 0.3) is 5.56 Å². The molecular weight excluding hydrogens is 479 g/mol. The van der Waals surface area contributed by atoms with Gasteiger partial charge < -0.3 is 9.30 Å². The van der Waals surface area contributed by atoms with Crippen LogP contribution in [-0.4, -0.2) is 31.4 Å². The third kappa shape index (κ3) is 4.68. The van der Waals surface area contributed by atoms with Crippen molar-refractivity contribution in [2.75, 3.05) is 6.61 Å². The van der Waals surface area contributed by atoms with Crippen molar-refractivity contribution >= 4 is 40.4 Å². The molecule has 28 heavy (non-hydrogen) atoms. The van der Waals surface area contributed by atoms with Gasteiger partial charge in [-0.2, -0.15) is 0 Å². The number of aromatic nitrogens is 2. The Morgan fingerprint density at radius 3 is 2.36 bits per heavy atom. The Hall–Kier alpha value is -2.04.